The number of para-hydroxylation sites is 2. The molecule has 0 heterocycles. The van der Waals surface area contributed by atoms with Crippen molar-refractivity contribution >= 4 is 13.9 Å². The van der Waals surface area contributed by atoms with Crippen LogP contribution in [0.25, 0.3) is 0 Å². The van der Waals surface area contributed by atoms with Crippen molar-refractivity contribution < 1.29 is 10.2 Å². The van der Waals surface area contributed by atoms with Crippen LogP contribution in [0.5, 0.6) is 11.5 Å². The van der Waals surface area contributed by atoms with Crippen molar-refractivity contribution in [3.8, 4) is 11.5 Å². The van der Waals surface area contributed by atoms with Gasteiger partial charge in [0.1, 0.15) is 11.5 Å². The maximum atomic E-state index is 11.1. The van der Waals surface area contributed by atoms with Crippen LogP contribution in [-0.2, 0) is 0 Å². The van der Waals surface area contributed by atoms with Crippen LogP contribution in [-0.4, -0.2) is 10.2 Å². The molecule has 3 aromatic carbocycles. The van der Waals surface area contributed by atoms with Crippen LogP contribution in [0.15, 0.2) is 66.7 Å². The normalized spacial score (nSPS) is 12.0. The monoisotopic (exact) mass is 392 g/mol. The number of phenolic OH excluding ortho intramolecular Hbond substituents is 2. The van der Waals surface area contributed by atoms with Crippen LogP contribution in [0.4, 0.5) is 0 Å². The standard InChI is InChI=1S/C25H29O2P/c1-16(2)19-12-8-14-21(23(19)26)25(28-18-10-6-5-7-11-18)22-15-9-13-20(17(3)4)24(22)27/h5-17,25-28H,1-4H3. The zero-order chi connectivity index (χ0) is 20.3. The summed E-state index contributed by atoms with van der Waals surface area (Å²) in [6, 6.07) is 22.3. The number of aromatic hydroxyl groups is 2. The van der Waals surface area contributed by atoms with Gasteiger partial charge in [0.15, 0.2) is 0 Å². The minimum absolute atomic E-state index is 0.0974. The topological polar surface area (TPSA) is 40.5 Å². The lowest BCUT2D eigenvalue weighted by Crippen LogP contribution is -2.05. The molecule has 0 radical (unpaired) electrons. The summed E-state index contributed by atoms with van der Waals surface area (Å²) in [4.78, 5) is 0. The number of benzene rings is 3. The van der Waals surface area contributed by atoms with E-state index in [9.17, 15) is 10.2 Å². The molecule has 1 atom stereocenters. The molecule has 0 aliphatic carbocycles. The van der Waals surface area contributed by atoms with Crippen molar-refractivity contribution in [2.75, 3.05) is 0 Å². The van der Waals surface area contributed by atoms with Crippen LogP contribution >= 0.6 is 8.58 Å². The Kier molecular flexibility index (Phi) is 6.42. The van der Waals surface area contributed by atoms with Crippen molar-refractivity contribution in [1.82, 2.24) is 0 Å². The third kappa shape index (κ3) is 4.23. The fourth-order valence-electron chi connectivity index (χ4n) is 3.58. The average molecular weight is 392 g/mol. The van der Waals surface area contributed by atoms with Gasteiger partial charge in [0.25, 0.3) is 0 Å². The third-order valence-electron chi connectivity index (χ3n) is 5.15. The minimum atomic E-state index is -0.0974. The lowest BCUT2D eigenvalue weighted by Gasteiger charge is -2.24. The van der Waals surface area contributed by atoms with Crippen molar-refractivity contribution in [2.24, 2.45) is 0 Å². The second-order valence-corrected chi connectivity index (χ2v) is 9.27. The minimum Gasteiger partial charge on any atom is -0.507 e. The highest BCUT2D eigenvalue weighted by molar-refractivity contribution is 7.47. The van der Waals surface area contributed by atoms with Gasteiger partial charge < -0.3 is 10.2 Å². The Balaban J connectivity index is 2.17. The maximum Gasteiger partial charge on any atom is 0.123 e. The van der Waals surface area contributed by atoms with Crippen LogP contribution in [0.3, 0.4) is 0 Å². The van der Waals surface area contributed by atoms with Gasteiger partial charge in [-0.15, -0.1) is 0 Å². The van der Waals surface area contributed by atoms with Crippen molar-refractivity contribution in [2.45, 2.75) is 45.2 Å². The number of phenols is 2. The summed E-state index contributed by atoms with van der Waals surface area (Å²) in [5.74, 6) is 1.16. The molecular weight excluding hydrogens is 363 g/mol. The zero-order valence-electron chi connectivity index (χ0n) is 17.0. The Morgan fingerprint density at radius 1 is 0.571 bits per heavy atom. The Labute approximate surface area is 170 Å². The third-order valence-corrected chi connectivity index (χ3v) is 6.73. The van der Waals surface area contributed by atoms with Crippen LogP contribution in [0.2, 0.25) is 0 Å². The van der Waals surface area contributed by atoms with E-state index in [0.29, 0.717) is 20.1 Å². The molecule has 0 spiro atoms. The molecule has 0 amide bonds. The molecule has 28 heavy (non-hydrogen) atoms. The van der Waals surface area contributed by atoms with Crippen LogP contribution in [0, 0.1) is 0 Å². The molecule has 0 aromatic heterocycles. The SMILES string of the molecule is CC(C)c1cccc(C(Pc2ccccc2)c2cccc(C(C)C)c2O)c1O. The number of hydrogen-bond donors (Lipinski definition) is 2. The van der Waals surface area contributed by atoms with E-state index >= 15 is 0 Å². The Hall–Kier alpha value is -2.31. The molecule has 0 saturated carbocycles. The fraction of sp³-hybridized carbons (Fsp3) is 0.280. The molecule has 0 fully saturated rings. The largest absolute Gasteiger partial charge is 0.507 e. The van der Waals surface area contributed by atoms with E-state index in [2.05, 4.69) is 39.8 Å². The summed E-state index contributed by atoms with van der Waals surface area (Å²) in [5.41, 5.74) is 3.55. The molecule has 3 heteroatoms. The van der Waals surface area contributed by atoms with Gasteiger partial charge in [-0.25, -0.2) is 0 Å². The maximum absolute atomic E-state index is 11.1. The van der Waals surface area contributed by atoms with Crippen molar-refractivity contribution in [3.05, 3.63) is 89.0 Å². The van der Waals surface area contributed by atoms with Gasteiger partial charge in [-0.05, 0) is 28.3 Å². The predicted octanol–water partition coefficient (Wildman–Crippen LogP) is 6.44. The summed E-state index contributed by atoms with van der Waals surface area (Å²) in [5, 5.41) is 23.3. The first kappa shape index (κ1) is 20.4. The Bertz CT molecular complexity index is 875. The Morgan fingerprint density at radius 3 is 1.43 bits per heavy atom. The Morgan fingerprint density at radius 2 is 1.00 bits per heavy atom. The van der Waals surface area contributed by atoms with Gasteiger partial charge in [-0.2, -0.15) is 0 Å². The highest BCUT2D eigenvalue weighted by Gasteiger charge is 2.24. The second kappa shape index (κ2) is 8.80. The number of hydrogen-bond acceptors (Lipinski definition) is 2. The lowest BCUT2D eigenvalue weighted by molar-refractivity contribution is 0.451. The molecule has 0 aliphatic rings. The van der Waals surface area contributed by atoms with Gasteiger partial charge in [0.2, 0.25) is 0 Å². The predicted molar refractivity (Wildman–Crippen MR) is 121 cm³/mol. The van der Waals surface area contributed by atoms with Gasteiger partial charge in [-0.1, -0.05) is 103 Å². The molecule has 0 aliphatic heterocycles. The average Bonchev–Trinajstić information content (AvgIpc) is 2.67. The molecule has 3 rings (SSSR count). The summed E-state index contributed by atoms with van der Waals surface area (Å²) < 4.78 is 0. The number of rotatable bonds is 6. The van der Waals surface area contributed by atoms with E-state index in [1.54, 1.807) is 0 Å². The second-order valence-electron chi connectivity index (χ2n) is 7.82. The van der Waals surface area contributed by atoms with Crippen molar-refractivity contribution in [3.63, 3.8) is 0 Å². The van der Waals surface area contributed by atoms with E-state index in [1.165, 1.54) is 5.30 Å². The first-order chi connectivity index (χ1) is 13.4. The summed E-state index contributed by atoms with van der Waals surface area (Å²) in [7, 11) is 0.403. The molecular formula is C25H29O2P. The highest BCUT2D eigenvalue weighted by Crippen LogP contribution is 2.49. The molecule has 2 N–H and O–H groups in total. The molecule has 146 valence electrons. The van der Waals surface area contributed by atoms with Crippen LogP contribution < -0.4 is 5.30 Å². The van der Waals surface area contributed by atoms with E-state index < -0.39 is 0 Å². The first-order valence-corrected chi connectivity index (χ1v) is 10.9. The van der Waals surface area contributed by atoms with E-state index in [1.807, 2.05) is 54.6 Å². The fourth-order valence-corrected chi connectivity index (χ4v) is 5.08. The zero-order valence-corrected chi connectivity index (χ0v) is 18.0. The molecule has 3 aromatic rings. The van der Waals surface area contributed by atoms with Gasteiger partial charge in [0, 0.05) is 16.8 Å². The van der Waals surface area contributed by atoms with Gasteiger partial charge >= 0.3 is 0 Å². The molecule has 1 unspecified atom stereocenters. The summed E-state index contributed by atoms with van der Waals surface area (Å²) in [6.07, 6.45) is 0. The van der Waals surface area contributed by atoms with E-state index in [0.717, 1.165) is 22.3 Å². The molecule has 0 saturated heterocycles. The van der Waals surface area contributed by atoms with Gasteiger partial charge in [-0.3, -0.25) is 0 Å². The lowest BCUT2D eigenvalue weighted by atomic mass is 9.92. The summed E-state index contributed by atoms with van der Waals surface area (Å²) in [6.45, 7) is 8.35. The smallest absolute Gasteiger partial charge is 0.123 e. The highest BCUT2D eigenvalue weighted by atomic mass is 31.1. The van der Waals surface area contributed by atoms with Crippen LogP contribution in [0.1, 0.15) is 67.4 Å². The molecule has 0 bridgehead atoms. The molecule has 2 nitrogen and oxygen atoms in total. The quantitative estimate of drug-likeness (QED) is 0.474. The van der Waals surface area contributed by atoms with Crippen molar-refractivity contribution in [1.29, 1.82) is 0 Å². The van der Waals surface area contributed by atoms with E-state index in [4.69, 9.17) is 0 Å². The van der Waals surface area contributed by atoms with E-state index in [-0.39, 0.29) is 17.5 Å². The van der Waals surface area contributed by atoms with Gasteiger partial charge in [0.05, 0.1) is 0 Å². The summed E-state index contributed by atoms with van der Waals surface area (Å²) >= 11 is 0. The first-order valence-electron chi connectivity index (χ1n) is 9.85.